The van der Waals surface area contributed by atoms with Gasteiger partial charge >= 0.3 is 20.2 Å². The van der Waals surface area contributed by atoms with Crippen LogP contribution in [0.15, 0.2) is 58.3 Å². The van der Waals surface area contributed by atoms with Gasteiger partial charge in [-0.1, -0.05) is 54.9 Å². The molecule has 1 aliphatic heterocycles. The molecule has 10 nitrogen and oxygen atoms in total. The summed E-state index contributed by atoms with van der Waals surface area (Å²) < 4.78 is 25.1. The molecule has 2 N–H and O–H groups in total. The van der Waals surface area contributed by atoms with Crippen LogP contribution in [-0.2, 0) is 18.8 Å². The lowest BCUT2D eigenvalue weighted by molar-refractivity contribution is -0.149. The van der Waals surface area contributed by atoms with E-state index in [4.69, 9.17) is 30.1 Å². The van der Waals surface area contributed by atoms with Crippen molar-refractivity contribution < 1.29 is 23.3 Å². The maximum absolute atomic E-state index is 12.5. The molecule has 4 unspecified atom stereocenters. The number of H-pyrrole nitrogens is 1. The molecule has 2 aromatic carbocycles. The fourth-order valence-corrected chi connectivity index (χ4v) is 5.56. The van der Waals surface area contributed by atoms with Gasteiger partial charge in [0.25, 0.3) is 5.56 Å². The van der Waals surface area contributed by atoms with Gasteiger partial charge in [-0.3, -0.25) is 19.1 Å². The summed E-state index contributed by atoms with van der Waals surface area (Å²) in [6, 6.07) is 12.8. The molecule has 0 bridgehead atoms. The van der Waals surface area contributed by atoms with Crippen LogP contribution in [0.1, 0.15) is 40.3 Å². The Bertz CT molecular complexity index is 1390. The van der Waals surface area contributed by atoms with Crippen LogP contribution in [-0.4, -0.2) is 40.4 Å². The molecule has 4 rings (SSSR count). The Labute approximate surface area is 226 Å². The number of nitrogens with one attached hydrogen (secondary N) is 2. The highest BCUT2D eigenvalue weighted by Gasteiger charge is 2.35. The third kappa shape index (κ3) is 6.81. The van der Waals surface area contributed by atoms with Crippen molar-refractivity contribution in [3.05, 3.63) is 74.5 Å². The summed E-state index contributed by atoms with van der Waals surface area (Å²) in [6.45, 7) is 7.33. The molecule has 1 aliphatic rings. The molecule has 0 aliphatic carbocycles. The first-order valence-electron chi connectivity index (χ1n) is 12.3. The second-order valence-electron chi connectivity index (χ2n) is 9.46. The van der Waals surface area contributed by atoms with Crippen molar-refractivity contribution in [1.82, 2.24) is 14.6 Å². The van der Waals surface area contributed by atoms with Crippen molar-refractivity contribution in [2.24, 2.45) is 5.92 Å². The van der Waals surface area contributed by atoms with Crippen LogP contribution in [0.2, 0.25) is 5.02 Å². The molecule has 0 radical (unpaired) electrons. The molecule has 38 heavy (non-hydrogen) atoms. The average molecular weight is 564 g/mol. The largest absolute Gasteiger partial charge is 0.462 e. The van der Waals surface area contributed by atoms with Gasteiger partial charge in [0.05, 0.1) is 18.8 Å². The van der Waals surface area contributed by atoms with Crippen molar-refractivity contribution in [3.8, 4) is 5.75 Å². The predicted molar refractivity (Wildman–Crippen MR) is 145 cm³/mol. The quantitative estimate of drug-likeness (QED) is 0.273. The molecule has 2 heterocycles. The second kappa shape index (κ2) is 12.4. The summed E-state index contributed by atoms with van der Waals surface area (Å²) in [5.74, 6) is 0.137. The molecule has 204 valence electrons. The van der Waals surface area contributed by atoms with Crippen molar-refractivity contribution in [1.29, 1.82) is 0 Å². The number of aromatic amines is 1. The van der Waals surface area contributed by atoms with E-state index in [0.29, 0.717) is 12.2 Å². The highest BCUT2D eigenvalue weighted by atomic mass is 35.5. The molecular weight excluding hydrogens is 533 g/mol. The van der Waals surface area contributed by atoms with E-state index in [1.165, 1.54) is 10.8 Å². The molecular formula is C26H31ClN3O7P. The SMILES string of the molecule is CC(C)OC(=O)C(C)NP(OCC1C[C@H](C)C(n2cc(Cl)c(=O)[nH]c2=O)O1)Oc1cccc2ccccc12. The normalized spacial score (nSPS) is 20.9. The minimum atomic E-state index is -1.79. The van der Waals surface area contributed by atoms with E-state index in [0.717, 1.165) is 10.8 Å². The lowest BCUT2D eigenvalue weighted by Crippen LogP contribution is -2.35. The lowest BCUT2D eigenvalue weighted by atomic mass is 10.1. The lowest BCUT2D eigenvalue weighted by Gasteiger charge is -2.24. The van der Waals surface area contributed by atoms with Crippen LogP contribution >= 0.6 is 20.1 Å². The Kier molecular flexibility index (Phi) is 9.23. The van der Waals surface area contributed by atoms with Crippen LogP contribution < -0.4 is 20.9 Å². The molecule has 0 spiro atoms. The fraction of sp³-hybridized carbons (Fsp3) is 0.423. The predicted octanol–water partition coefficient (Wildman–Crippen LogP) is 4.52. The number of benzene rings is 2. The van der Waals surface area contributed by atoms with E-state index in [2.05, 4.69) is 10.1 Å². The third-order valence-electron chi connectivity index (χ3n) is 5.96. The Morgan fingerprint density at radius 1 is 1.21 bits per heavy atom. The first kappa shape index (κ1) is 28.3. The molecule has 12 heteroatoms. The first-order valence-corrected chi connectivity index (χ1v) is 13.9. The fourth-order valence-electron chi connectivity index (χ4n) is 4.17. The van der Waals surface area contributed by atoms with Crippen LogP contribution in [0.3, 0.4) is 0 Å². The number of hydrogen-bond acceptors (Lipinski definition) is 8. The zero-order valence-electron chi connectivity index (χ0n) is 21.5. The van der Waals surface area contributed by atoms with E-state index < -0.39 is 38.0 Å². The van der Waals surface area contributed by atoms with Crippen molar-refractivity contribution in [2.45, 2.75) is 58.6 Å². The number of fused-ring (bicyclic) bond motifs is 1. The van der Waals surface area contributed by atoms with E-state index in [-0.39, 0.29) is 29.8 Å². The molecule has 0 saturated carbocycles. The summed E-state index contributed by atoms with van der Waals surface area (Å²) in [5.41, 5.74) is -1.25. The van der Waals surface area contributed by atoms with Gasteiger partial charge in [0, 0.05) is 17.5 Å². The standard InChI is InChI=1S/C26H31ClN3O7P/c1-15(2)35-25(32)17(4)29-38(37-22-11-7-9-18-8-5-6-10-20(18)22)34-14-19-12-16(3)24(36-19)30-13-21(27)23(31)28-26(30)33/h5-11,13,15-17,19,24,29H,12,14H2,1-4H3,(H,28,31,33)/t16-,17?,19?,24?,38?/m0/s1. The van der Waals surface area contributed by atoms with E-state index in [1.807, 2.05) is 49.4 Å². The highest BCUT2D eigenvalue weighted by Crippen LogP contribution is 2.41. The number of carbonyl (C=O) groups is 1. The van der Waals surface area contributed by atoms with Crippen LogP contribution in [0.25, 0.3) is 10.8 Å². The number of nitrogens with zero attached hydrogens (tertiary/aromatic N) is 1. The van der Waals surface area contributed by atoms with Crippen LogP contribution in [0.4, 0.5) is 0 Å². The van der Waals surface area contributed by atoms with Crippen molar-refractivity contribution >= 4 is 36.9 Å². The Hall–Kier alpha value is -2.75. The minimum absolute atomic E-state index is 0.0543. The molecule has 1 aromatic heterocycles. The van der Waals surface area contributed by atoms with Crippen LogP contribution in [0.5, 0.6) is 5.75 Å². The Morgan fingerprint density at radius 3 is 2.71 bits per heavy atom. The van der Waals surface area contributed by atoms with Gasteiger partial charge in [-0.15, -0.1) is 0 Å². The summed E-state index contributed by atoms with van der Waals surface area (Å²) in [6.07, 6.45) is 0.633. The monoisotopic (exact) mass is 563 g/mol. The van der Waals surface area contributed by atoms with Gasteiger partial charge in [0.1, 0.15) is 23.0 Å². The van der Waals surface area contributed by atoms with Gasteiger partial charge in [0.15, 0.2) is 0 Å². The molecule has 5 atom stereocenters. The Morgan fingerprint density at radius 2 is 1.95 bits per heavy atom. The third-order valence-corrected chi connectivity index (χ3v) is 7.58. The van der Waals surface area contributed by atoms with Gasteiger partial charge in [-0.2, -0.15) is 0 Å². The number of aromatic nitrogens is 2. The Balaban J connectivity index is 1.49. The molecule has 1 fully saturated rings. The van der Waals surface area contributed by atoms with Gasteiger partial charge in [0.2, 0.25) is 0 Å². The highest BCUT2D eigenvalue weighted by molar-refractivity contribution is 7.45. The number of halogens is 1. The summed E-state index contributed by atoms with van der Waals surface area (Å²) in [7, 11) is -1.79. The zero-order chi connectivity index (χ0) is 27.4. The molecule has 1 saturated heterocycles. The minimum Gasteiger partial charge on any atom is -0.462 e. The van der Waals surface area contributed by atoms with Crippen molar-refractivity contribution in [2.75, 3.05) is 6.61 Å². The maximum Gasteiger partial charge on any atom is 0.330 e. The topological polar surface area (TPSA) is 121 Å². The first-order chi connectivity index (χ1) is 18.1. The van der Waals surface area contributed by atoms with E-state index >= 15 is 0 Å². The smallest absolute Gasteiger partial charge is 0.330 e. The van der Waals surface area contributed by atoms with E-state index in [9.17, 15) is 14.4 Å². The van der Waals surface area contributed by atoms with Gasteiger partial charge < -0.3 is 18.5 Å². The summed E-state index contributed by atoms with van der Waals surface area (Å²) in [5, 5.41) is 4.93. The van der Waals surface area contributed by atoms with E-state index in [1.54, 1.807) is 20.8 Å². The number of ether oxygens (including phenoxy) is 2. The van der Waals surface area contributed by atoms with Gasteiger partial charge in [-0.05, 0) is 38.6 Å². The second-order valence-corrected chi connectivity index (χ2v) is 11.1. The summed E-state index contributed by atoms with van der Waals surface area (Å²) >= 11 is 5.93. The van der Waals surface area contributed by atoms with Crippen molar-refractivity contribution in [3.63, 3.8) is 0 Å². The maximum atomic E-state index is 12.5. The number of esters is 1. The molecule has 0 amide bonds. The summed E-state index contributed by atoms with van der Waals surface area (Å²) in [4.78, 5) is 38.6. The van der Waals surface area contributed by atoms with Crippen LogP contribution in [0, 0.1) is 5.92 Å². The molecule has 3 aromatic rings. The zero-order valence-corrected chi connectivity index (χ0v) is 23.2. The average Bonchev–Trinajstić information content (AvgIpc) is 3.24. The number of hydrogen-bond donors (Lipinski definition) is 2. The number of rotatable bonds is 10. The van der Waals surface area contributed by atoms with Gasteiger partial charge in [-0.25, -0.2) is 9.88 Å². The number of carbonyl (C=O) groups excluding carboxylic acids is 1.